The van der Waals surface area contributed by atoms with Gasteiger partial charge in [0, 0.05) is 47.8 Å². The number of benzene rings is 2. The molecule has 0 aliphatic carbocycles. The molecule has 180 valence electrons. The summed E-state index contributed by atoms with van der Waals surface area (Å²) in [6.07, 6.45) is 7.80. The molecule has 0 spiro atoms. The van der Waals surface area contributed by atoms with E-state index >= 15 is 0 Å². The first-order valence-corrected chi connectivity index (χ1v) is 12.6. The quantitative estimate of drug-likeness (QED) is 0.361. The van der Waals surface area contributed by atoms with E-state index in [1.54, 1.807) is 57.0 Å². The molecule has 2 heterocycles. The molecule has 0 atom stereocenters. The van der Waals surface area contributed by atoms with Crippen molar-refractivity contribution in [3.8, 4) is 22.6 Å². The van der Waals surface area contributed by atoms with Gasteiger partial charge in [-0.3, -0.25) is 4.79 Å². The van der Waals surface area contributed by atoms with Crippen LogP contribution in [0.5, 0.6) is 11.5 Å². The van der Waals surface area contributed by atoms with Crippen molar-refractivity contribution in [1.29, 1.82) is 0 Å². The van der Waals surface area contributed by atoms with Crippen LogP contribution in [0.2, 0.25) is 0 Å². The number of nitrogens with one attached hydrogen (secondary N) is 2. The molecule has 2 N–H and O–H groups in total. The maximum Gasteiger partial charge on any atom is 0.244 e. The molecule has 1 amide bonds. The molecule has 35 heavy (non-hydrogen) atoms. The third-order valence-corrected chi connectivity index (χ3v) is 6.60. The van der Waals surface area contributed by atoms with Gasteiger partial charge in [0.1, 0.15) is 5.65 Å². The zero-order valence-corrected chi connectivity index (χ0v) is 20.3. The Labute approximate surface area is 203 Å². The van der Waals surface area contributed by atoms with Gasteiger partial charge in [-0.25, -0.2) is 13.4 Å². The standard InChI is InChI=1S/C26H25N3O5S/c1-33-23-9-7-17(11-24(23)34-2)14-27-25(30)10-8-19-15-28-26-22(19)13-20(16-29-26)18-5-4-6-21(12-18)35(3,31)32/h4-13,15-16H,14H2,1-3H3,(H,27,30)(H,28,29)/b10-8+. The SMILES string of the molecule is COc1ccc(CNC(=O)/C=C/c2c[nH]c3ncc(-c4cccc(S(C)(=O)=O)c4)cc23)cc1OC. The van der Waals surface area contributed by atoms with Crippen molar-refractivity contribution in [2.24, 2.45) is 0 Å². The molecular weight excluding hydrogens is 466 g/mol. The van der Waals surface area contributed by atoms with E-state index in [2.05, 4.69) is 15.3 Å². The number of carbonyl (C=O) groups excluding carboxylic acids is 1. The van der Waals surface area contributed by atoms with E-state index in [9.17, 15) is 13.2 Å². The lowest BCUT2D eigenvalue weighted by atomic mass is 10.1. The molecule has 0 unspecified atom stereocenters. The van der Waals surface area contributed by atoms with E-state index in [1.165, 1.54) is 12.3 Å². The Morgan fingerprint density at radius 1 is 1.06 bits per heavy atom. The maximum atomic E-state index is 12.4. The van der Waals surface area contributed by atoms with Crippen LogP contribution in [0.4, 0.5) is 0 Å². The number of rotatable bonds is 8. The van der Waals surface area contributed by atoms with E-state index in [-0.39, 0.29) is 10.8 Å². The van der Waals surface area contributed by atoms with Crippen LogP contribution >= 0.6 is 0 Å². The van der Waals surface area contributed by atoms with E-state index in [1.807, 2.05) is 24.3 Å². The number of sulfone groups is 1. The van der Waals surface area contributed by atoms with Gasteiger partial charge in [0.05, 0.1) is 19.1 Å². The van der Waals surface area contributed by atoms with E-state index in [0.29, 0.717) is 23.7 Å². The van der Waals surface area contributed by atoms with Crippen LogP contribution in [0.25, 0.3) is 28.2 Å². The van der Waals surface area contributed by atoms with Crippen LogP contribution in [0.1, 0.15) is 11.1 Å². The van der Waals surface area contributed by atoms with Gasteiger partial charge in [0.25, 0.3) is 0 Å². The molecule has 0 aliphatic rings. The molecule has 0 saturated heterocycles. The van der Waals surface area contributed by atoms with Gasteiger partial charge in [0.15, 0.2) is 21.3 Å². The van der Waals surface area contributed by atoms with E-state index in [4.69, 9.17) is 9.47 Å². The summed E-state index contributed by atoms with van der Waals surface area (Å²) < 4.78 is 34.4. The Hall–Kier alpha value is -4.11. The number of H-pyrrole nitrogens is 1. The molecule has 4 aromatic rings. The monoisotopic (exact) mass is 491 g/mol. The Bertz CT molecular complexity index is 1520. The molecule has 4 rings (SSSR count). The van der Waals surface area contributed by atoms with Crippen LogP contribution in [-0.2, 0) is 21.2 Å². The maximum absolute atomic E-state index is 12.4. The summed E-state index contributed by atoms with van der Waals surface area (Å²) in [4.78, 5) is 20.2. The van der Waals surface area contributed by atoms with Gasteiger partial charge in [0.2, 0.25) is 5.91 Å². The fourth-order valence-electron chi connectivity index (χ4n) is 3.63. The molecule has 0 aliphatic heterocycles. The summed E-state index contributed by atoms with van der Waals surface area (Å²) in [5.74, 6) is 0.968. The van der Waals surface area contributed by atoms with Gasteiger partial charge in [-0.1, -0.05) is 18.2 Å². The predicted molar refractivity (Wildman–Crippen MR) is 135 cm³/mol. The number of methoxy groups -OCH3 is 2. The number of ether oxygens (including phenoxy) is 2. The van der Waals surface area contributed by atoms with Crippen molar-refractivity contribution in [3.63, 3.8) is 0 Å². The first-order valence-electron chi connectivity index (χ1n) is 10.7. The van der Waals surface area contributed by atoms with Gasteiger partial charge < -0.3 is 19.8 Å². The van der Waals surface area contributed by atoms with Crippen LogP contribution in [0.15, 0.2) is 71.9 Å². The van der Waals surface area contributed by atoms with Crippen LogP contribution in [-0.4, -0.2) is 44.8 Å². The highest BCUT2D eigenvalue weighted by Crippen LogP contribution is 2.28. The third-order valence-electron chi connectivity index (χ3n) is 5.49. The van der Waals surface area contributed by atoms with Crippen LogP contribution < -0.4 is 14.8 Å². The number of amides is 1. The summed E-state index contributed by atoms with van der Waals surface area (Å²) in [5, 5.41) is 3.67. The van der Waals surface area contributed by atoms with E-state index < -0.39 is 9.84 Å². The normalized spacial score (nSPS) is 11.6. The minimum Gasteiger partial charge on any atom is -0.493 e. The fourth-order valence-corrected chi connectivity index (χ4v) is 4.30. The Balaban J connectivity index is 1.51. The van der Waals surface area contributed by atoms with Crippen molar-refractivity contribution in [2.45, 2.75) is 11.4 Å². The number of aromatic amines is 1. The van der Waals surface area contributed by atoms with Gasteiger partial charge in [-0.15, -0.1) is 0 Å². The molecule has 0 saturated carbocycles. The average Bonchev–Trinajstić information content (AvgIpc) is 3.27. The van der Waals surface area contributed by atoms with Crippen LogP contribution in [0, 0.1) is 0 Å². The number of hydrogen-bond acceptors (Lipinski definition) is 6. The second kappa shape index (κ2) is 10.0. The molecule has 2 aromatic carbocycles. The highest BCUT2D eigenvalue weighted by atomic mass is 32.2. The second-order valence-electron chi connectivity index (χ2n) is 7.90. The Morgan fingerprint density at radius 2 is 1.86 bits per heavy atom. The number of aromatic nitrogens is 2. The third kappa shape index (κ3) is 5.52. The van der Waals surface area contributed by atoms with Gasteiger partial charge in [-0.05, 0) is 47.5 Å². The van der Waals surface area contributed by atoms with Gasteiger partial charge >= 0.3 is 0 Å². The van der Waals surface area contributed by atoms with Crippen molar-refractivity contribution in [2.75, 3.05) is 20.5 Å². The Morgan fingerprint density at radius 3 is 2.60 bits per heavy atom. The molecule has 0 bridgehead atoms. The highest BCUT2D eigenvalue weighted by molar-refractivity contribution is 7.90. The van der Waals surface area contributed by atoms with Crippen molar-refractivity contribution in [1.82, 2.24) is 15.3 Å². The topological polar surface area (TPSA) is 110 Å². The van der Waals surface area contributed by atoms with Crippen LogP contribution in [0.3, 0.4) is 0 Å². The zero-order valence-electron chi connectivity index (χ0n) is 19.5. The largest absolute Gasteiger partial charge is 0.493 e. The van der Waals surface area contributed by atoms with Gasteiger partial charge in [-0.2, -0.15) is 0 Å². The molecule has 2 aromatic heterocycles. The number of pyridine rings is 1. The van der Waals surface area contributed by atoms with Crippen molar-refractivity contribution < 1.29 is 22.7 Å². The minimum absolute atomic E-state index is 0.246. The number of hydrogen-bond donors (Lipinski definition) is 2. The lowest BCUT2D eigenvalue weighted by molar-refractivity contribution is -0.116. The number of nitrogens with zero attached hydrogens (tertiary/aromatic N) is 1. The Kier molecular flexibility index (Phi) is 6.88. The number of carbonyl (C=O) groups is 1. The predicted octanol–water partition coefficient (Wildman–Crippen LogP) is 3.98. The van der Waals surface area contributed by atoms with Crippen molar-refractivity contribution in [3.05, 3.63) is 78.1 Å². The molecule has 9 heteroatoms. The molecular formula is C26H25N3O5S. The first kappa shape index (κ1) is 24.0. The van der Waals surface area contributed by atoms with Crippen molar-refractivity contribution >= 4 is 32.9 Å². The molecule has 8 nitrogen and oxygen atoms in total. The lowest BCUT2D eigenvalue weighted by Gasteiger charge is -2.09. The number of fused-ring (bicyclic) bond motifs is 1. The first-order chi connectivity index (χ1) is 16.8. The zero-order chi connectivity index (χ0) is 25.0. The lowest BCUT2D eigenvalue weighted by Crippen LogP contribution is -2.20. The smallest absolute Gasteiger partial charge is 0.244 e. The summed E-state index contributed by atoms with van der Waals surface area (Å²) in [6.45, 7) is 0.333. The summed E-state index contributed by atoms with van der Waals surface area (Å²) in [5.41, 5.74) is 3.84. The van der Waals surface area contributed by atoms with E-state index in [0.717, 1.165) is 27.6 Å². The summed E-state index contributed by atoms with van der Waals surface area (Å²) in [7, 11) is -0.188. The molecule has 0 radical (unpaired) electrons. The minimum atomic E-state index is -3.32. The summed E-state index contributed by atoms with van der Waals surface area (Å²) >= 11 is 0. The highest BCUT2D eigenvalue weighted by Gasteiger charge is 2.11. The fraction of sp³-hybridized carbons (Fsp3) is 0.154. The summed E-state index contributed by atoms with van der Waals surface area (Å²) in [6, 6.07) is 14.1. The molecule has 0 fully saturated rings. The second-order valence-corrected chi connectivity index (χ2v) is 9.92. The average molecular weight is 492 g/mol.